The van der Waals surface area contributed by atoms with Gasteiger partial charge in [-0.3, -0.25) is 9.05 Å². The monoisotopic (exact) mass is 758 g/mol. The van der Waals surface area contributed by atoms with Crippen LogP contribution in [0.1, 0.15) is 114 Å². The van der Waals surface area contributed by atoms with E-state index in [0.29, 0.717) is 17.8 Å². The summed E-state index contributed by atoms with van der Waals surface area (Å²) in [5, 5.41) is 36.1. The molecule has 0 spiro atoms. The molecule has 3 heterocycles. The van der Waals surface area contributed by atoms with Gasteiger partial charge < -0.3 is 29.3 Å². The number of phosphoric ester groups is 1. The number of aromatic nitrogens is 3. The van der Waals surface area contributed by atoms with Crippen molar-refractivity contribution in [1.29, 1.82) is 5.26 Å². The Morgan fingerprint density at radius 3 is 2.21 bits per heavy atom. The number of benzene rings is 1. The van der Waals surface area contributed by atoms with Crippen LogP contribution < -0.4 is 0 Å². The lowest BCUT2D eigenvalue weighted by Gasteiger charge is -2.24. The predicted molar refractivity (Wildman–Crippen MR) is 200 cm³/mol. The van der Waals surface area contributed by atoms with Crippen LogP contribution in [0.3, 0.4) is 0 Å². The van der Waals surface area contributed by atoms with E-state index in [4.69, 9.17) is 23.3 Å². The molecule has 1 aromatic carbocycles. The fourth-order valence-corrected chi connectivity index (χ4v) is 7.35. The van der Waals surface area contributed by atoms with E-state index in [-0.39, 0.29) is 25.5 Å². The van der Waals surface area contributed by atoms with Gasteiger partial charge in [-0.25, -0.2) is 14.1 Å². The molecule has 53 heavy (non-hydrogen) atoms. The third kappa shape index (κ3) is 13.2. The van der Waals surface area contributed by atoms with Gasteiger partial charge in [0.2, 0.25) is 5.60 Å². The maximum atomic E-state index is 13.0. The van der Waals surface area contributed by atoms with Crippen molar-refractivity contribution in [3.63, 3.8) is 0 Å². The number of aliphatic hydroxyl groups is 2. The summed E-state index contributed by atoms with van der Waals surface area (Å²) in [6.45, 7) is 4.03. The highest BCUT2D eigenvalue weighted by molar-refractivity contribution is 7.47. The zero-order valence-electron chi connectivity index (χ0n) is 31.4. The van der Waals surface area contributed by atoms with Crippen LogP contribution in [-0.2, 0) is 40.0 Å². The first-order valence-corrected chi connectivity index (χ1v) is 20.8. The van der Waals surface area contributed by atoms with Crippen LogP contribution in [0.4, 0.5) is 0 Å². The molecule has 0 bridgehead atoms. The summed E-state index contributed by atoms with van der Waals surface area (Å²) in [5.74, 6) is 0. The van der Waals surface area contributed by atoms with Crippen molar-refractivity contribution in [1.82, 2.24) is 14.6 Å². The van der Waals surface area contributed by atoms with Gasteiger partial charge in [-0.1, -0.05) is 121 Å². The molecule has 1 aliphatic heterocycles. The molecule has 13 nitrogen and oxygen atoms in total. The van der Waals surface area contributed by atoms with Crippen molar-refractivity contribution in [2.24, 2.45) is 0 Å². The summed E-state index contributed by atoms with van der Waals surface area (Å²) in [4.78, 5) is 14.7. The number of ether oxygens (including phenoxy) is 3. The molecular weight excluding hydrogens is 699 g/mol. The Kier molecular flexibility index (Phi) is 18.3. The van der Waals surface area contributed by atoms with Crippen molar-refractivity contribution in [3.8, 4) is 6.07 Å². The van der Waals surface area contributed by atoms with Crippen LogP contribution in [0.25, 0.3) is 5.52 Å². The van der Waals surface area contributed by atoms with Gasteiger partial charge >= 0.3 is 7.82 Å². The van der Waals surface area contributed by atoms with Crippen molar-refractivity contribution in [2.45, 2.75) is 140 Å². The zero-order valence-corrected chi connectivity index (χ0v) is 32.3. The molecule has 6 atom stereocenters. The van der Waals surface area contributed by atoms with Gasteiger partial charge in [0.15, 0.2) is 0 Å². The molecule has 14 heteroatoms. The molecule has 1 saturated heterocycles. The Labute approximate surface area is 314 Å². The fourth-order valence-electron chi connectivity index (χ4n) is 6.58. The Morgan fingerprint density at radius 1 is 0.925 bits per heavy atom. The molecule has 2 aromatic heterocycles. The molecule has 1 unspecified atom stereocenters. The van der Waals surface area contributed by atoms with Gasteiger partial charge in [0.25, 0.3) is 0 Å². The number of fused-ring (bicyclic) bond motifs is 1. The highest BCUT2D eigenvalue weighted by atomic mass is 31.2. The minimum absolute atomic E-state index is 0.154. The smallest absolute Gasteiger partial charge is 0.387 e. The fraction of sp³-hybridized carbons (Fsp3) is 0.667. The van der Waals surface area contributed by atoms with Crippen molar-refractivity contribution in [3.05, 3.63) is 65.7 Å². The lowest BCUT2D eigenvalue weighted by Crippen LogP contribution is -2.41. The van der Waals surface area contributed by atoms with E-state index in [1.54, 1.807) is 19.1 Å². The number of aliphatic hydroxyl groups excluding tert-OH is 2. The van der Waals surface area contributed by atoms with Crippen LogP contribution in [0.2, 0.25) is 0 Å². The molecule has 0 radical (unpaired) electrons. The zero-order chi connectivity index (χ0) is 37.9. The van der Waals surface area contributed by atoms with Gasteiger partial charge in [-0.15, -0.1) is 0 Å². The standard InChI is InChI=1S/C39H59N4O9P/c1-3-4-5-6-7-8-9-10-11-12-13-14-15-19-24-48-26-33(49-25-32-20-17-16-18-21-32)27-50-53(46,47)51-28-35-37(44)38(45)39(29-40,52-35)36-23-22-34-31(2)41-30-42-43(34)36/h16-18,20-23,30,33,35,37-38,44-45H,3-15,19,24-28H2,1-2H3,(H,46,47)/t33-,35-,37-,38-,39+/m1/s1. The van der Waals surface area contributed by atoms with E-state index in [1.807, 2.05) is 36.4 Å². The number of hydrogen-bond acceptors (Lipinski definition) is 11. The first-order chi connectivity index (χ1) is 25.7. The number of rotatable bonds is 27. The van der Waals surface area contributed by atoms with E-state index in [2.05, 4.69) is 17.0 Å². The third-order valence-corrected chi connectivity index (χ3v) is 10.7. The number of phosphoric acid groups is 1. The molecule has 4 rings (SSSR count). The van der Waals surface area contributed by atoms with Crippen LogP contribution >= 0.6 is 7.82 Å². The second-order valence-electron chi connectivity index (χ2n) is 14.0. The highest BCUT2D eigenvalue weighted by Gasteiger charge is 2.58. The Balaban J connectivity index is 1.18. The van der Waals surface area contributed by atoms with Crippen LogP contribution in [-0.4, -0.2) is 80.5 Å². The van der Waals surface area contributed by atoms with Crippen molar-refractivity contribution in [2.75, 3.05) is 26.4 Å². The molecule has 0 aliphatic carbocycles. The number of unbranched alkanes of at least 4 members (excludes halogenated alkanes) is 13. The quantitative estimate of drug-likeness (QED) is 0.0532. The van der Waals surface area contributed by atoms with Gasteiger partial charge in [0.1, 0.15) is 36.8 Å². The maximum absolute atomic E-state index is 13.0. The Bertz CT molecular complexity index is 1570. The number of hydrogen-bond donors (Lipinski definition) is 3. The minimum atomic E-state index is -4.69. The minimum Gasteiger partial charge on any atom is -0.387 e. The van der Waals surface area contributed by atoms with Crippen molar-refractivity contribution < 1.29 is 42.9 Å². The summed E-state index contributed by atoms with van der Waals surface area (Å²) in [7, 11) is -4.69. The normalized spacial score (nSPS) is 21.8. The maximum Gasteiger partial charge on any atom is 0.472 e. The summed E-state index contributed by atoms with van der Waals surface area (Å²) < 4.78 is 42.6. The molecular formula is C39H59N4O9P. The summed E-state index contributed by atoms with van der Waals surface area (Å²) in [6.07, 6.45) is 13.8. The van der Waals surface area contributed by atoms with E-state index in [0.717, 1.165) is 18.4 Å². The number of nitriles is 1. The first kappa shape index (κ1) is 43.0. The summed E-state index contributed by atoms with van der Waals surface area (Å²) in [6, 6.07) is 14.7. The summed E-state index contributed by atoms with van der Waals surface area (Å²) in [5.41, 5.74) is 0.296. The van der Waals surface area contributed by atoms with Crippen LogP contribution in [0.5, 0.6) is 0 Å². The van der Waals surface area contributed by atoms with E-state index in [9.17, 15) is 24.9 Å². The molecule has 294 valence electrons. The predicted octanol–water partition coefficient (Wildman–Crippen LogP) is 7.09. The lowest BCUT2D eigenvalue weighted by molar-refractivity contribution is -0.0690. The van der Waals surface area contributed by atoms with Gasteiger partial charge in [-0.05, 0) is 31.0 Å². The highest BCUT2D eigenvalue weighted by Crippen LogP contribution is 2.46. The van der Waals surface area contributed by atoms with Gasteiger partial charge in [0, 0.05) is 6.61 Å². The van der Waals surface area contributed by atoms with Crippen LogP contribution in [0, 0.1) is 18.3 Å². The van der Waals surface area contributed by atoms with Gasteiger partial charge in [0.05, 0.1) is 43.3 Å². The molecule has 1 fully saturated rings. The largest absolute Gasteiger partial charge is 0.472 e. The van der Waals surface area contributed by atoms with Crippen LogP contribution in [0.15, 0.2) is 48.8 Å². The topological polar surface area (TPSA) is 178 Å². The van der Waals surface area contributed by atoms with E-state index in [1.165, 1.54) is 87.9 Å². The average Bonchev–Trinajstić information content (AvgIpc) is 3.71. The Morgan fingerprint density at radius 2 is 1.57 bits per heavy atom. The average molecular weight is 759 g/mol. The summed E-state index contributed by atoms with van der Waals surface area (Å²) >= 11 is 0. The number of nitrogens with zero attached hydrogens (tertiary/aromatic N) is 4. The first-order valence-electron chi connectivity index (χ1n) is 19.3. The Hall–Kier alpha value is -2.76. The third-order valence-electron chi connectivity index (χ3n) is 9.75. The second-order valence-corrected chi connectivity index (χ2v) is 15.4. The van der Waals surface area contributed by atoms with E-state index < -0.39 is 44.4 Å². The van der Waals surface area contributed by atoms with Gasteiger partial charge in [-0.2, -0.15) is 10.4 Å². The second kappa shape index (κ2) is 22.6. The molecule has 3 aromatic rings. The lowest BCUT2D eigenvalue weighted by atomic mass is 9.92. The SMILES string of the molecule is CCCCCCCCCCCCCCCCOC[C@H](COP(=O)(O)OC[C@H]1O[C@@](C#N)(c2ccc3c(C)ncnn23)[C@H](O)[C@@H]1O)OCc1ccccc1. The number of aryl methyl sites for hydroxylation is 1. The molecule has 3 N–H and O–H groups in total. The molecule has 0 saturated carbocycles. The molecule has 0 amide bonds. The van der Waals surface area contributed by atoms with Crippen molar-refractivity contribution >= 4 is 13.3 Å². The molecule has 1 aliphatic rings. The van der Waals surface area contributed by atoms with E-state index >= 15 is 0 Å².